The number of morpholine rings is 1. The van der Waals surface area contributed by atoms with Gasteiger partial charge in [-0.05, 0) is 31.4 Å². The molecule has 0 N–H and O–H groups in total. The van der Waals surface area contributed by atoms with Crippen LogP contribution in [0.1, 0.15) is 30.5 Å². The Hall–Kier alpha value is -2.74. The summed E-state index contributed by atoms with van der Waals surface area (Å²) in [5, 5.41) is 0. The fourth-order valence-electron chi connectivity index (χ4n) is 4.51. The van der Waals surface area contributed by atoms with Gasteiger partial charge in [-0.1, -0.05) is 0 Å². The molecule has 3 aliphatic rings. The highest BCUT2D eigenvalue weighted by atomic mass is 16.5. The van der Waals surface area contributed by atoms with E-state index in [2.05, 4.69) is 9.88 Å². The standard InChI is InChI=1S/C22H28N6O2/c29-22(27-12-14-30-15-13-27)28-11-6-19-18(16-28)21(26-9-2-1-3-10-26)25-20(24-19)17-4-7-23-8-5-17/h4-5,7-8H,1-3,6,9-16H2. The number of rotatable bonds is 2. The molecule has 5 rings (SSSR count). The molecule has 30 heavy (non-hydrogen) atoms. The number of carbonyl (C=O) groups excluding carboxylic acids is 1. The monoisotopic (exact) mass is 408 g/mol. The third-order valence-electron chi connectivity index (χ3n) is 6.18. The first-order valence-corrected chi connectivity index (χ1v) is 11.0. The minimum atomic E-state index is 0.103. The fraction of sp³-hybridized carbons (Fsp3) is 0.545. The second-order valence-electron chi connectivity index (χ2n) is 8.13. The molecule has 0 atom stereocenters. The van der Waals surface area contributed by atoms with Gasteiger partial charge in [-0.2, -0.15) is 0 Å². The van der Waals surface area contributed by atoms with E-state index in [9.17, 15) is 4.79 Å². The van der Waals surface area contributed by atoms with Gasteiger partial charge in [0, 0.05) is 62.7 Å². The average Bonchev–Trinajstić information content (AvgIpc) is 2.84. The van der Waals surface area contributed by atoms with Crippen molar-refractivity contribution in [3.05, 3.63) is 35.8 Å². The summed E-state index contributed by atoms with van der Waals surface area (Å²) in [6.45, 7) is 5.86. The van der Waals surface area contributed by atoms with E-state index in [-0.39, 0.29) is 6.03 Å². The summed E-state index contributed by atoms with van der Waals surface area (Å²) in [5.41, 5.74) is 3.17. The number of anilines is 1. The van der Waals surface area contributed by atoms with Crippen molar-refractivity contribution < 1.29 is 9.53 Å². The molecule has 5 heterocycles. The molecule has 2 aromatic heterocycles. The Morgan fingerprint density at radius 2 is 1.67 bits per heavy atom. The molecule has 0 aliphatic carbocycles. The molecule has 8 nitrogen and oxygen atoms in total. The lowest BCUT2D eigenvalue weighted by atomic mass is 10.0. The third-order valence-corrected chi connectivity index (χ3v) is 6.18. The number of piperidine rings is 1. The van der Waals surface area contributed by atoms with Crippen LogP contribution in [0.25, 0.3) is 11.4 Å². The molecular weight excluding hydrogens is 380 g/mol. The maximum atomic E-state index is 13.1. The summed E-state index contributed by atoms with van der Waals surface area (Å²) >= 11 is 0. The number of fused-ring (bicyclic) bond motifs is 1. The van der Waals surface area contributed by atoms with Gasteiger partial charge in [-0.3, -0.25) is 4.98 Å². The normalized spacial score (nSPS) is 19.5. The summed E-state index contributed by atoms with van der Waals surface area (Å²) in [4.78, 5) is 33.3. The van der Waals surface area contributed by atoms with Crippen LogP contribution in [0.4, 0.5) is 10.6 Å². The number of urea groups is 1. The van der Waals surface area contributed by atoms with Gasteiger partial charge in [0.15, 0.2) is 5.82 Å². The number of amides is 2. The minimum absolute atomic E-state index is 0.103. The molecule has 2 fully saturated rings. The topological polar surface area (TPSA) is 74.7 Å². The van der Waals surface area contributed by atoms with E-state index < -0.39 is 0 Å². The van der Waals surface area contributed by atoms with Crippen LogP contribution >= 0.6 is 0 Å². The number of hydrogen-bond acceptors (Lipinski definition) is 6. The van der Waals surface area contributed by atoms with Crippen LogP contribution in [0.15, 0.2) is 24.5 Å². The van der Waals surface area contributed by atoms with Crippen molar-refractivity contribution in [2.45, 2.75) is 32.2 Å². The van der Waals surface area contributed by atoms with Crippen molar-refractivity contribution in [1.29, 1.82) is 0 Å². The Kier molecular flexibility index (Phi) is 5.48. The van der Waals surface area contributed by atoms with Crippen molar-refractivity contribution in [3.8, 4) is 11.4 Å². The maximum Gasteiger partial charge on any atom is 0.320 e. The van der Waals surface area contributed by atoms with E-state index in [0.717, 1.165) is 48.0 Å². The largest absolute Gasteiger partial charge is 0.378 e. The van der Waals surface area contributed by atoms with E-state index in [0.29, 0.717) is 39.4 Å². The maximum absolute atomic E-state index is 13.1. The molecule has 2 amide bonds. The SMILES string of the molecule is O=C(N1CCOCC1)N1CCc2nc(-c3ccncc3)nc(N3CCCCC3)c2C1. The first-order valence-electron chi connectivity index (χ1n) is 11.0. The molecule has 3 aliphatic heterocycles. The Morgan fingerprint density at radius 3 is 2.43 bits per heavy atom. The van der Waals surface area contributed by atoms with Gasteiger partial charge in [0.25, 0.3) is 0 Å². The zero-order chi connectivity index (χ0) is 20.3. The Morgan fingerprint density at radius 1 is 0.900 bits per heavy atom. The first kappa shape index (κ1) is 19.2. The van der Waals surface area contributed by atoms with Crippen molar-refractivity contribution in [2.24, 2.45) is 0 Å². The fourth-order valence-corrected chi connectivity index (χ4v) is 4.51. The third kappa shape index (κ3) is 3.84. The number of nitrogens with zero attached hydrogens (tertiary/aromatic N) is 6. The molecule has 2 aromatic rings. The Balaban J connectivity index is 1.48. The second-order valence-corrected chi connectivity index (χ2v) is 8.13. The number of pyridine rings is 1. The van der Waals surface area contributed by atoms with Gasteiger partial charge >= 0.3 is 6.03 Å². The predicted molar refractivity (Wildman–Crippen MR) is 113 cm³/mol. The van der Waals surface area contributed by atoms with E-state index in [4.69, 9.17) is 14.7 Å². The van der Waals surface area contributed by atoms with Crippen molar-refractivity contribution in [3.63, 3.8) is 0 Å². The zero-order valence-electron chi connectivity index (χ0n) is 17.3. The molecule has 158 valence electrons. The molecule has 0 saturated carbocycles. The highest BCUT2D eigenvalue weighted by Crippen LogP contribution is 2.31. The zero-order valence-corrected chi connectivity index (χ0v) is 17.3. The number of hydrogen-bond donors (Lipinski definition) is 0. The summed E-state index contributed by atoms with van der Waals surface area (Å²) in [5.74, 6) is 1.76. The summed E-state index contributed by atoms with van der Waals surface area (Å²) in [6.07, 6.45) is 7.94. The smallest absolute Gasteiger partial charge is 0.320 e. The lowest BCUT2D eigenvalue weighted by Gasteiger charge is -2.37. The van der Waals surface area contributed by atoms with E-state index in [1.807, 2.05) is 21.9 Å². The lowest BCUT2D eigenvalue weighted by molar-refractivity contribution is 0.0421. The van der Waals surface area contributed by atoms with Gasteiger partial charge in [-0.15, -0.1) is 0 Å². The minimum Gasteiger partial charge on any atom is -0.378 e. The van der Waals surface area contributed by atoms with Gasteiger partial charge in [0.05, 0.1) is 25.5 Å². The molecule has 0 bridgehead atoms. The second kappa shape index (κ2) is 8.55. The predicted octanol–water partition coefficient (Wildman–Crippen LogP) is 2.34. The van der Waals surface area contributed by atoms with Gasteiger partial charge in [0.2, 0.25) is 0 Å². The summed E-state index contributed by atoms with van der Waals surface area (Å²) in [6, 6.07) is 4.02. The van der Waals surface area contributed by atoms with Crippen LogP contribution in [-0.4, -0.2) is 76.7 Å². The van der Waals surface area contributed by atoms with Crippen LogP contribution < -0.4 is 4.90 Å². The van der Waals surface area contributed by atoms with Gasteiger partial charge in [-0.25, -0.2) is 14.8 Å². The van der Waals surface area contributed by atoms with Crippen LogP contribution in [0.3, 0.4) is 0 Å². The van der Waals surface area contributed by atoms with Crippen molar-refractivity contribution in [1.82, 2.24) is 24.8 Å². The number of aromatic nitrogens is 3. The van der Waals surface area contributed by atoms with Crippen LogP contribution in [0.5, 0.6) is 0 Å². The molecule has 0 aromatic carbocycles. The molecule has 2 saturated heterocycles. The summed E-state index contributed by atoms with van der Waals surface area (Å²) in [7, 11) is 0. The number of ether oxygens (including phenoxy) is 1. The molecular formula is C22H28N6O2. The molecule has 0 spiro atoms. The van der Waals surface area contributed by atoms with Crippen molar-refractivity contribution in [2.75, 3.05) is 50.8 Å². The lowest BCUT2D eigenvalue weighted by Crippen LogP contribution is -2.49. The van der Waals surface area contributed by atoms with Crippen LogP contribution in [0, 0.1) is 0 Å². The van der Waals surface area contributed by atoms with E-state index in [1.54, 1.807) is 12.4 Å². The van der Waals surface area contributed by atoms with Crippen molar-refractivity contribution >= 4 is 11.8 Å². The van der Waals surface area contributed by atoms with E-state index >= 15 is 0 Å². The molecule has 8 heteroatoms. The summed E-state index contributed by atoms with van der Waals surface area (Å²) < 4.78 is 5.40. The molecule has 0 unspecified atom stereocenters. The average molecular weight is 409 g/mol. The van der Waals surface area contributed by atoms with Crippen LogP contribution in [-0.2, 0) is 17.7 Å². The highest BCUT2D eigenvalue weighted by Gasteiger charge is 2.31. The quantitative estimate of drug-likeness (QED) is 0.759. The molecule has 0 radical (unpaired) electrons. The van der Waals surface area contributed by atoms with Gasteiger partial charge in [0.1, 0.15) is 5.82 Å². The van der Waals surface area contributed by atoms with Gasteiger partial charge < -0.3 is 19.4 Å². The first-order chi connectivity index (χ1) is 14.8. The Bertz CT molecular complexity index is 894. The highest BCUT2D eigenvalue weighted by molar-refractivity contribution is 5.75. The van der Waals surface area contributed by atoms with Crippen LogP contribution in [0.2, 0.25) is 0 Å². The Labute approximate surface area is 176 Å². The number of carbonyl (C=O) groups is 1. The van der Waals surface area contributed by atoms with E-state index in [1.165, 1.54) is 19.3 Å².